The van der Waals surface area contributed by atoms with Gasteiger partial charge in [-0.1, -0.05) is 145 Å². The Morgan fingerprint density at radius 2 is 1.11 bits per heavy atom. The van der Waals surface area contributed by atoms with Crippen LogP contribution in [0.25, 0.3) is 66.0 Å². The van der Waals surface area contributed by atoms with Gasteiger partial charge in [-0.25, -0.2) is 15.0 Å². The summed E-state index contributed by atoms with van der Waals surface area (Å²) in [6.07, 6.45) is -0.461. The van der Waals surface area contributed by atoms with Crippen molar-refractivity contribution in [1.82, 2.24) is 10.3 Å². The molecule has 5 heteroatoms. The van der Waals surface area contributed by atoms with Crippen LogP contribution in [0.3, 0.4) is 0 Å². The van der Waals surface area contributed by atoms with Gasteiger partial charge in [-0.05, 0) is 49.2 Å². The summed E-state index contributed by atoms with van der Waals surface area (Å²) in [5, 5.41) is 9.04. The second-order valence-corrected chi connectivity index (χ2v) is 13.8. The zero-order chi connectivity index (χ0) is 35.5. The van der Waals surface area contributed by atoms with Gasteiger partial charge in [0.2, 0.25) is 0 Å². The topological polar surface area (TPSA) is 62.8 Å². The fourth-order valence-corrected chi connectivity index (χ4v) is 7.59. The maximum Gasteiger partial charge on any atom is 0.169 e. The maximum absolute atomic E-state index is 6.60. The monoisotopic (exact) mass is 682 g/mol. The van der Waals surface area contributed by atoms with Gasteiger partial charge in [0.15, 0.2) is 6.17 Å². The molecule has 0 saturated carbocycles. The Kier molecular flexibility index (Phi) is 7.25. The number of benzene rings is 7. The predicted octanol–water partition coefficient (Wildman–Crippen LogP) is 11.7. The molecule has 53 heavy (non-hydrogen) atoms. The molecule has 1 N–H and O–H groups in total. The molecular weight excluding hydrogens is 649 g/mol. The third-order valence-corrected chi connectivity index (χ3v) is 10.2. The Labute approximate surface area is 307 Å². The number of hydrogen-bond acceptors (Lipinski definition) is 5. The number of hydrogen-bond donors (Lipinski definition) is 1. The average molecular weight is 683 g/mol. The molecule has 0 amide bonds. The third kappa shape index (κ3) is 5.37. The number of amidine groups is 2. The second kappa shape index (κ2) is 12.4. The lowest BCUT2D eigenvalue weighted by Crippen LogP contribution is -2.36. The molecule has 0 fully saturated rings. The maximum atomic E-state index is 6.60. The van der Waals surface area contributed by atoms with Gasteiger partial charge >= 0.3 is 0 Å². The highest BCUT2D eigenvalue weighted by atomic mass is 16.3. The highest BCUT2D eigenvalue weighted by molar-refractivity contribution is 6.27. The van der Waals surface area contributed by atoms with Crippen LogP contribution < -0.4 is 5.32 Å². The zero-order valence-electron chi connectivity index (χ0n) is 29.3. The summed E-state index contributed by atoms with van der Waals surface area (Å²) in [6.45, 7) is 4.19. The van der Waals surface area contributed by atoms with Crippen molar-refractivity contribution >= 4 is 55.3 Å². The first-order valence-corrected chi connectivity index (χ1v) is 18.0. The van der Waals surface area contributed by atoms with E-state index < -0.39 is 6.17 Å². The second-order valence-electron chi connectivity index (χ2n) is 13.8. The lowest BCUT2D eigenvalue weighted by Gasteiger charge is -2.23. The third-order valence-electron chi connectivity index (χ3n) is 10.2. The molecule has 10 rings (SSSR count). The van der Waals surface area contributed by atoms with Crippen molar-refractivity contribution in [3.63, 3.8) is 0 Å². The summed E-state index contributed by atoms with van der Waals surface area (Å²) in [4.78, 5) is 15.8. The molecule has 1 aliphatic heterocycles. The van der Waals surface area contributed by atoms with E-state index in [1.165, 1.54) is 11.1 Å². The lowest BCUT2D eigenvalue weighted by molar-refractivity contribution is 0.669. The van der Waals surface area contributed by atoms with E-state index in [2.05, 4.69) is 165 Å². The van der Waals surface area contributed by atoms with Crippen LogP contribution in [0.1, 0.15) is 34.0 Å². The molecule has 0 saturated heterocycles. The van der Waals surface area contributed by atoms with Gasteiger partial charge in [-0.2, -0.15) is 0 Å². The minimum Gasteiger partial charge on any atom is -0.456 e. The molecule has 5 nitrogen and oxygen atoms in total. The highest BCUT2D eigenvalue weighted by Gasteiger charge is 2.24. The Hall–Kier alpha value is -6.85. The summed E-state index contributed by atoms with van der Waals surface area (Å²) in [5.74, 6) is 1.58. The van der Waals surface area contributed by atoms with Crippen LogP contribution in [0, 0.1) is 13.8 Å². The molecule has 0 atom stereocenters. The first-order valence-electron chi connectivity index (χ1n) is 18.0. The summed E-state index contributed by atoms with van der Waals surface area (Å²) >= 11 is 0. The Morgan fingerprint density at radius 1 is 0.491 bits per heavy atom. The van der Waals surface area contributed by atoms with E-state index in [9.17, 15) is 0 Å². The van der Waals surface area contributed by atoms with Crippen LogP contribution in [0.4, 0.5) is 0 Å². The number of rotatable bonds is 5. The van der Waals surface area contributed by atoms with Crippen molar-refractivity contribution in [2.75, 3.05) is 0 Å². The summed E-state index contributed by atoms with van der Waals surface area (Å²) < 4.78 is 6.60. The van der Waals surface area contributed by atoms with E-state index in [1.807, 2.05) is 12.1 Å². The molecule has 3 heterocycles. The fraction of sp³-hybridized carbons (Fsp3) is 0.0625. The van der Waals surface area contributed by atoms with Gasteiger partial charge in [0, 0.05) is 49.2 Å². The molecule has 0 unspecified atom stereocenters. The van der Waals surface area contributed by atoms with Crippen molar-refractivity contribution in [3.8, 4) is 22.4 Å². The minimum absolute atomic E-state index is 0.461. The lowest BCUT2D eigenvalue weighted by atomic mass is 9.89. The summed E-state index contributed by atoms with van der Waals surface area (Å²) in [7, 11) is 0. The molecule has 9 aromatic rings. The quantitative estimate of drug-likeness (QED) is 0.184. The predicted molar refractivity (Wildman–Crippen MR) is 219 cm³/mol. The van der Waals surface area contributed by atoms with Gasteiger partial charge in [-0.15, -0.1) is 0 Å². The molecule has 1 aliphatic rings. The van der Waals surface area contributed by atoms with E-state index in [0.29, 0.717) is 0 Å². The average Bonchev–Trinajstić information content (AvgIpc) is 3.58. The largest absolute Gasteiger partial charge is 0.456 e. The zero-order valence-corrected chi connectivity index (χ0v) is 29.3. The molecule has 252 valence electrons. The standard InChI is InChI=1S/C48H34N4O/c1-29-19-23-32(24-20-29)46-50-47(33-25-21-30(2)22-26-33)52-48(51-46)35-14-10-13-34(27-35)45-38-28-41-44(37-16-7-9-18-40(37)53-41)42(31-11-4-3-5-12-31)43(38)36-15-6-8-17-39(36)49-45/h3-28,48H,1-2H3,(H,50,51,52). The molecule has 0 aliphatic carbocycles. The van der Waals surface area contributed by atoms with E-state index >= 15 is 0 Å². The summed E-state index contributed by atoms with van der Waals surface area (Å²) in [6, 6.07) is 55.1. The Bertz CT molecular complexity index is 2860. The first-order chi connectivity index (χ1) is 26.1. The van der Waals surface area contributed by atoms with Crippen LogP contribution in [-0.2, 0) is 0 Å². The van der Waals surface area contributed by atoms with E-state index in [0.717, 1.165) is 94.4 Å². The number of furan rings is 1. The first kappa shape index (κ1) is 30.9. The van der Waals surface area contributed by atoms with Crippen molar-refractivity contribution in [2.45, 2.75) is 20.0 Å². The molecule has 0 spiro atoms. The van der Waals surface area contributed by atoms with Gasteiger partial charge in [0.25, 0.3) is 0 Å². The Morgan fingerprint density at radius 3 is 1.83 bits per heavy atom. The van der Waals surface area contributed by atoms with Gasteiger partial charge in [-0.3, -0.25) is 0 Å². The highest BCUT2D eigenvalue weighted by Crippen LogP contribution is 2.46. The van der Waals surface area contributed by atoms with Gasteiger partial charge < -0.3 is 9.73 Å². The van der Waals surface area contributed by atoms with Crippen LogP contribution in [0.2, 0.25) is 0 Å². The number of aliphatic imine (C=N–C) groups is 2. The van der Waals surface area contributed by atoms with Crippen LogP contribution >= 0.6 is 0 Å². The van der Waals surface area contributed by atoms with Crippen LogP contribution in [-0.4, -0.2) is 16.7 Å². The van der Waals surface area contributed by atoms with Crippen LogP contribution in [0.15, 0.2) is 172 Å². The molecule has 7 aromatic carbocycles. The van der Waals surface area contributed by atoms with E-state index in [4.69, 9.17) is 19.4 Å². The van der Waals surface area contributed by atoms with Gasteiger partial charge in [0.05, 0.1) is 11.2 Å². The number of fused-ring (bicyclic) bond motifs is 6. The normalized spacial score (nSPS) is 13.4. The van der Waals surface area contributed by atoms with Crippen molar-refractivity contribution in [2.24, 2.45) is 9.98 Å². The number of aryl methyl sites for hydroxylation is 2. The number of nitrogens with zero attached hydrogens (tertiary/aromatic N) is 3. The van der Waals surface area contributed by atoms with Crippen LogP contribution in [0.5, 0.6) is 0 Å². The molecular formula is C48H34N4O. The molecule has 0 bridgehead atoms. The smallest absolute Gasteiger partial charge is 0.169 e. The SMILES string of the molecule is Cc1ccc(C2=NC(c3cccc(-c4nc5ccccc5c5c(-c6ccccc6)c6c(cc45)oc4ccccc46)c3)N=C(c3ccc(C)cc3)N2)cc1. The van der Waals surface area contributed by atoms with Crippen molar-refractivity contribution in [1.29, 1.82) is 0 Å². The van der Waals surface area contributed by atoms with Crippen molar-refractivity contribution < 1.29 is 4.42 Å². The van der Waals surface area contributed by atoms with Gasteiger partial charge in [0.1, 0.15) is 22.8 Å². The Balaban J connectivity index is 1.21. The van der Waals surface area contributed by atoms with E-state index in [-0.39, 0.29) is 0 Å². The number of nitrogens with one attached hydrogen (secondary N) is 1. The molecule has 0 radical (unpaired) electrons. The number of para-hydroxylation sites is 2. The van der Waals surface area contributed by atoms with E-state index in [1.54, 1.807) is 0 Å². The molecule has 2 aromatic heterocycles. The summed E-state index contributed by atoms with van der Waals surface area (Å²) in [5.41, 5.74) is 12.2. The number of aromatic nitrogens is 1. The fourth-order valence-electron chi connectivity index (χ4n) is 7.59. The minimum atomic E-state index is -0.461. The van der Waals surface area contributed by atoms with Crippen molar-refractivity contribution in [3.05, 3.63) is 186 Å². The number of pyridine rings is 1.